The number of nitrogens with zero attached hydrogens (tertiary/aromatic N) is 1. The van der Waals surface area contributed by atoms with E-state index in [1.54, 1.807) is 0 Å². The van der Waals surface area contributed by atoms with E-state index in [4.69, 9.17) is 0 Å². The Morgan fingerprint density at radius 2 is 1.90 bits per heavy atom. The molecule has 1 aliphatic rings. The van der Waals surface area contributed by atoms with Crippen LogP contribution in [0.15, 0.2) is 29.4 Å². The second kappa shape index (κ2) is 6.68. The maximum absolute atomic E-state index is 11.9. The molecule has 2 rings (SSSR count). The topological polar surface area (TPSA) is 41.5 Å². The van der Waals surface area contributed by atoms with Crippen LogP contribution in [0.1, 0.15) is 31.4 Å². The minimum absolute atomic E-state index is 0.0113. The molecule has 20 heavy (non-hydrogen) atoms. The summed E-state index contributed by atoms with van der Waals surface area (Å²) in [5.74, 6) is 2.24. The molecule has 1 amide bonds. The van der Waals surface area contributed by atoms with Crippen molar-refractivity contribution in [2.24, 2.45) is 5.10 Å². The van der Waals surface area contributed by atoms with Crippen molar-refractivity contribution in [2.45, 2.75) is 31.3 Å². The highest BCUT2D eigenvalue weighted by molar-refractivity contribution is 8.21. The molecular formula is C15H20N2OS2. The SMILES string of the molecule is C/C(=N\NC(=O)CC1(C)SCCS1)c1ccc(C)cc1. The van der Waals surface area contributed by atoms with Crippen molar-refractivity contribution in [3.63, 3.8) is 0 Å². The molecule has 0 aromatic heterocycles. The summed E-state index contributed by atoms with van der Waals surface area (Å²) < 4.78 is 0.0113. The Balaban J connectivity index is 1.91. The number of hydrazone groups is 1. The molecule has 1 N–H and O–H groups in total. The van der Waals surface area contributed by atoms with Gasteiger partial charge in [-0.25, -0.2) is 5.43 Å². The number of benzene rings is 1. The van der Waals surface area contributed by atoms with Gasteiger partial charge in [-0.15, -0.1) is 23.5 Å². The number of hydrogen-bond donors (Lipinski definition) is 1. The summed E-state index contributed by atoms with van der Waals surface area (Å²) in [6, 6.07) is 8.13. The number of carbonyl (C=O) groups excluding carboxylic acids is 1. The van der Waals surface area contributed by atoms with Gasteiger partial charge < -0.3 is 0 Å². The largest absolute Gasteiger partial charge is 0.273 e. The Morgan fingerprint density at radius 1 is 1.30 bits per heavy atom. The lowest BCUT2D eigenvalue weighted by atomic mass is 10.1. The van der Waals surface area contributed by atoms with Crippen LogP contribution < -0.4 is 5.43 Å². The van der Waals surface area contributed by atoms with Gasteiger partial charge in [-0.3, -0.25) is 4.79 Å². The van der Waals surface area contributed by atoms with Crippen molar-refractivity contribution in [1.82, 2.24) is 5.43 Å². The minimum atomic E-state index is -0.0131. The Bertz CT molecular complexity index is 505. The summed E-state index contributed by atoms with van der Waals surface area (Å²) in [6.45, 7) is 6.09. The van der Waals surface area contributed by atoms with Crippen LogP contribution >= 0.6 is 23.5 Å². The normalized spacial score (nSPS) is 18.1. The third-order valence-corrected chi connectivity index (χ3v) is 6.49. The molecule has 1 aromatic rings. The van der Waals surface area contributed by atoms with Crippen molar-refractivity contribution in [3.05, 3.63) is 35.4 Å². The van der Waals surface area contributed by atoms with E-state index in [0.29, 0.717) is 6.42 Å². The summed E-state index contributed by atoms with van der Waals surface area (Å²) in [6.07, 6.45) is 0.507. The van der Waals surface area contributed by atoms with Crippen molar-refractivity contribution in [3.8, 4) is 0 Å². The zero-order valence-corrected chi connectivity index (χ0v) is 13.7. The van der Waals surface area contributed by atoms with Crippen molar-refractivity contribution in [1.29, 1.82) is 0 Å². The molecule has 0 bridgehead atoms. The molecule has 5 heteroatoms. The first-order chi connectivity index (χ1) is 9.48. The Hall–Kier alpha value is -0.940. The molecule has 0 aliphatic carbocycles. The summed E-state index contributed by atoms with van der Waals surface area (Å²) in [5.41, 5.74) is 5.75. The number of thioether (sulfide) groups is 2. The fourth-order valence-electron chi connectivity index (χ4n) is 2.00. The van der Waals surface area contributed by atoms with Gasteiger partial charge in [0.1, 0.15) is 0 Å². The van der Waals surface area contributed by atoms with Gasteiger partial charge in [0.2, 0.25) is 5.91 Å². The van der Waals surface area contributed by atoms with Crippen LogP contribution in [0, 0.1) is 6.92 Å². The molecule has 1 fully saturated rings. The maximum Gasteiger partial charge on any atom is 0.242 e. The highest BCUT2D eigenvalue weighted by Gasteiger charge is 2.32. The molecule has 0 spiro atoms. The zero-order chi connectivity index (χ0) is 14.6. The fraction of sp³-hybridized carbons (Fsp3) is 0.467. The molecule has 3 nitrogen and oxygen atoms in total. The van der Waals surface area contributed by atoms with Gasteiger partial charge in [-0.2, -0.15) is 5.10 Å². The van der Waals surface area contributed by atoms with E-state index in [2.05, 4.69) is 24.4 Å². The lowest BCUT2D eigenvalue weighted by Crippen LogP contribution is -2.26. The molecule has 1 aliphatic heterocycles. The van der Waals surface area contributed by atoms with Gasteiger partial charge in [0, 0.05) is 11.5 Å². The van der Waals surface area contributed by atoms with Crippen molar-refractivity contribution >= 4 is 35.1 Å². The van der Waals surface area contributed by atoms with Crippen LogP contribution in [-0.4, -0.2) is 27.2 Å². The number of carbonyl (C=O) groups is 1. The van der Waals surface area contributed by atoms with E-state index < -0.39 is 0 Å². The second-order valence-electron chi connectivity index (χ2n) is 5.11. The minimum Gasteiger partial charge on any atom is -0.273 e. The first kappa shape index (κ1) is 15.4. The fourth-order valence-corrected chi connectivity index (χ4v) is 4.83. The van der Waals surface area contributed by atoms with Crippen LogP contribution in [-0.2, 0) is 4.79 Å². The highest BCUT2D eigenvalue weighted by Crippen LogP contribution is 2.45. The molecule has 0 radical (unpaired) electrons. The molecule has 1 heterocycles. The summed E-state index contributed by atoms with van der Waals surface area (Å²) >= 11 is 3.72. The van der Waals surface area contributed by atoms with E-state index >= 15 is 0 Å². The maximum atomic E-state index is 11.9. The van der Waals surface area contributed by atoms with Gasteiger partial charge in [0.05, 0.1) is 16.2 Å². The van der Waals surface area contributed by atoms with Gasteiger partial charge in [-0.05, 0) is 26.3 Å². The average molecular weight is 308 g/mol. The lowest BCUT2D eigenvalue weighted by molar-refractivity contribution is -0.121. The van der Waals surface area contributed by atoms with Gasteiger partial charge in [-0.1, -0.05) is 29.8 Å². The van der Waals surface area contributed by atoms with Crippen LogP contribution in [0.5, 0.6) is 0 Å². The monoisotopic (exact) mass is 308 g/mol. The standard InChI is InChI=1S/C15H20N2OS2/c1-11-4-6-13(7-5-11)12(2)16-17-14(18)10-15(3)19-8-9-20-15/h4-7H,8-10H2,1-3H3,(H,17,18)/b16-12+. The van der Waals surface area contributed by atoms with E-state index in [9.17, 15) is 4.79 Å². The summed E-state index contributed by atoms with van der Waals surface area (Å²) in [4.78, 5) is 11.9. The van der Waals surface area contributed by atoms with Gasteiger partial charge >= 0.3 is 0 Å². The van der Waals surface area contributed by atoms with Crippen LogP contribution in [0.2, 0.25) is 0 Å². The van der Waals surface area contributed by atoms with Crippen LogP contribution in [0.4, 0.5) is 0 Å². The van der Waals surface area contributed by atoms with Crippen LogP contribution in [0.25, 0.3) is 0 Å². The molecule has 108 valence electrons. The molecule has 0 atom stereocenters. The highest BCUT2D eigenvalue weighted by atomic mass is 32.2. The molecule has 0 saturated carbocycles. The third-order valence-electron chi connectivity index (χ3n) is 3.20. The van der Waals surface area contributed by atoms with Crippen LogP contribution in [0.3, 0.4) is 0 Å². The number of rotatable bonds is 4. The number of aryl methyl sites for hydroxylation is 1. The molecule has 1 saturated heterocycles. The quantitative estimate of drug-likeness (QED) is 0.684. The van der Waals surface area contributed by atoms with E-state index in [-0.39, 0.29) is 9.99 Å². The second-order valence-corrected chi connectivity index (χ2v) is 8.56. The summed E-state index contributed by atoms with van der Waals surface area (Å²) in [7, 11) is 0. The lowest BCUT2D eigenvalue weighted by Gasteiger charge is -2.19. The Kier molecular flexibility index (Phi) is 5.16. The third kappa shape index (κ3) is 4.28. The Labute approximate surface area is 129 Å². The van der Waals surface area contributed by atoms with Crippen molar-refractivity contribution in [2.75, 3.05) is 11.5 Å². The molecule has 0 unspecified atom stereocenters. The molecular weight excluding hydrogens is 288 g/mol. The smallest absolute Gasteiger partial charge is 0.242 e. The zero-order valence-electron chi connectivity index (χ0n) is 12.1. The summed E-state index contributed by atoms with van der Waals surface area (Å²) in [5, 5.41) is 4.20. The Morgan fingerprint density at radius 3 is 2.50 bits per heavy atom. The van der Waals surface area contributed by atoms with E-state index in [1.807, 2.05) is 54.7 Å². The number of nitrogens with one attached hydrogen (secondary N) is 1. The first-order valence-electron chi connectivity index (χ1n) is 6.67. The van der Waals surface area contributed by atoms with E-state index in [1.165, 1.54) is 5.56 Å². The predicted octanol–water partition coefficient (Wildman–Crippen LogP) is 3.42. The average Bonchev–Trinajstić information content (AvgIpc) is 2.83. The predicted molar refractivity (Wildman–Crippen MR) is 89.5 cm³/mol. The number of hydrogen-bond acceptors (Lipinski definition) is 4. The van der Waals surface area contributed by atoms with Crippen molar-refractivity contribution < 1.29 is 4.79 Å². The van der Waals surface area contributed by atoms with E-state index in [0.717, 1.165) is 22.8 Å². The molecule has 1 aromatic carbocycles. The van der Waals surface area contributed by atoms with Gasteiger partial charge in [0.15, 0.2) is 0 Å². The first-order valence-corrected chi connectivity index (χ1v) is 8.64. The number of amides is 1. The van der Waals surface area contributed by atoms with Gasteiger partial charge in [0.25, 0.3) is 0 Å².